The van der Waals surface area contributed by atoms with E-state index in [0.29, 0.717) is 5.56 Å². The molecule has 7 heteroatoms. The molecule has 1 saturated heterocycles. The first kappa shape index (κ1) is 22.9. The molecular formula is C23H37N5OS. The average molecular weight is 432 g/mol. The largest absolute Gasteiger partial charge is 0.356 e. The molecule has 0 spiro atoms. The molecule has 1 aromatic rings. The van der Waals surface area contributed by atoms with Crippen molar-refractivity contribution in [2.75, 3.05) is 51.8 Å². The molecule has 3 N–H and O–H groups in total. The van der Waals surface area contributed by atoms with Crippen molar-refractivity contribution < 1.29 is 4.79 Å². The molecule has 3 rings (SSSR count). The van der Waals surface area contributed by atoms with Crippen molar-refractivity contribution in [3.8, 4) is 0 Å². The fourth-order valence-electron chi connectivity index (χ4n) is 4.66. The Morgan fingerprint density at radius 2 is 1.93 bits per heavy atom. The maximum atomic E-state index is 11.8. The zero-order valence-electron chi connectivity index (χ0n) is 18.5. The van der Waals surface area contributed by atoms with Gasteiger partial charge in [-0.05, 0) is 37.0 Å². The normalized spacial score (nSPS) is 19.9. The molecule has 6 nitrogen and oxygen atoms in total. The van der Waals surface area contributed by atoms with Crippen LogP contribution in [0.5, 0.6) is 0 Å². The van der Waals surface area contributed by atoms with Crippen molar-refractivity contribution in [2.45, 2.75) is 44.1 Å². The number of amides is 1. The number of hydrogen-bond donors (Lipinski definition) is 3. The van der Waals surface area contributed by atoms with E-state index in [1.54, 1.807) is 7.05 Å². The van der Waals surface area contributed by atoms with Gasteiger partial charge in [0.2, 0.25) is 0 Å². The summed E-state index contributed by atoms with van der Waals surface area (Å²) in [7, 11) is 3.50. The Bertz CT molecular complexity index is 711. The maximum Gasteiger partial charge on any atom is 0.251 e. The molecule has 0 atom stereocenters. The van der Waals surface area contributed by atoms with Gasteiger partial charge in [-0.1, -0.05) is 31.4 Å². The highest BCUT2D eigenvalue weighted by atomic mass is 32.2. The Morgan fingerprint density at radius 1 is 1.17 bits per heavy atom. The summed E-state index contributed by atoms with van der Waals surface area (Å²) in [5.74, 6) is 3.33. The van der Waals surface area contributed by atoms with Gasteiger partial charge in [-0.3, -0.25) is 14.7 Å². The SMILES string of the molecule is CN=C(NCCc1cccc(C(=O)NC)c1)NCC1(N2CCSCC2)CCCCC1. The second kappa shape index (κ2) is 11.6. The molecule has 2 aliphatic rings. The molecule has 1 saturated carbocycles. The topological polar surface area (TPSA) is 68.8 Å². The van der Waals surface area contributed by atoms with Crippen LogP contribution in [-0.4, -0.2) is 74.1 Å². The van der Waals surface area contributed by atoms with Crippen molar-refractivity contribution in [3.63, 3.8) is 0 Å². The number of nitrogens with zero attached hydrogens (tertiary/aromatic N) is 2. The lowest BCUT2D eigenvalue weighted by Gasteiger charge is -2.48. The van der Waals surface area contributed by atoms with Gasteiger partial charge in [0.05, 0.1) is 0 Å². The molecule has 2 fully saturated rings. The molecule has 0 bridgehead atoms. The van der Waals surface area contributed by atoms with Crippen LogP contribution in [0.2, 0.25) is 0 Å². The van der Waals surface area contributed by atoms with Crippen LogP contribution < -0.4 is 16.0 Å². The molecule has 1 aromatic carbocycles. The highest BCUT2D eigenvalue weighted by Crippen LogP contribution is 2.34. The zero-order chi connectivity index (χ0) is 21.2. The second-order valence-electron chi connectivity index (χ2n) is 8.27. The third kappa shape index (κ3) is 6.14. The number of benzene rings is 1. The lowest BCUT2D eigenvalue weighted by molar-refractivity contribution is 0.0626. The van der Waals surface area contributed by atoms with Gasteiger partial charge in [0.25, 0.3) is 5.91 Å². The van der Waals surface area contributed by atoms with Crippen LogP contribution in [-0.2, 0) is 6.42 Å². The first-order chi connectivity index (χ1) is 14.7. The summed E-state index contributed by atoms with van der Waals surface area (Å²) in [6.45, 7) is 4.16. The van der Waals surface area contributed by atoms with Crippen LogP contribution >= 0.6 is 11.8 Å². The van der Waals surface area contributed by atoms with Gasteiger partial charge in [0.1, 0.15) is 0 Å². The minimum Gasteiger partial charge on any atom is -0.356 e. The highest BCUT2D eigenvalue weighted by Gasteiger charge is 2.38. The Kier molecular flexibility index (Phi) is 8.88. The van der Waals surface area contributed by atoms with Gasteiger partial charge in [-0.2, -0.15) is 11.8 Å². The average Bonchev–Trinajstić information content (AvgIpc) is 2.82. The van der Waals surface area contributed by atoms with Gasteiger partial charge in [0, 0.05) is 62.9 Å². The van der Waals surface area contributed by atoms with Crippen molar-refractivity contribution in [2.24, 2.45) is 4.99 Å². The van der Waals surface area contributed by atoms with E-state index in [4.69, 9.17) is 0 Å². The van der Waals surface area contributed by atoms with Gasteiger partial charge >= 0.3 is 0 Å². The number of carbonyl (C=O) groups is 1. The molecule has 1 amide bonds. The minimum absolute atomic E-state index is 0.0452. The lowest BCUT2D eigenvalue weighted by Crippen LogP contribution is -2.59. The highest BCUT2D eigenvalue weighted by molar-refractivity contribution is 7.99. The summed E-state index contributed by atoms with van der Waals surface area (Å²) in [5, 5.41) is 9.77. The van der Waals surface area contributed by atoms with Crippen molar-refractivity contribution in [1.82, 2.24) is 20.9 Å². The smallest absolute Gasteiger partial charge is 0.251 e. The standard InChI is InChI=1S/C23H37N5OS/c1-24-21(29)20-8-6-7-19(17-20)9-12-26-22(25-2)27-18-23(10-4-3-5-11-23)28-13-15-30-16-14-28/h6-8,17H,3-5,9-16,18H2,1-2H3,(H,24,29)(H2,25,26,27). The molecule has 166 valence electrons. The summed E-state index contributed by atoms with van der Waals surface area (Å²) < 4.78 is 0. The summed E-state index contributed by atoms with van der Waals surface area (Å²) in [6, 6.07) is 7.81. The number of thioether (sulfide) groups is 1. The summed E-state index contributed by atoms with van der Waals surface area (Å²) in [5.41, 5.74) is 2.13. The van der Waals surface area contributed by atoms with Crippen molar-refractivity contribution in [3.05, 3.63) is 35.4 Å². The Hall–Kier alpha value is -1.73. The predicted molar refractivity (Wildman–Crippen MR) is 128 cm³/mol. The lowest BCUT2D eigenvalue weighted by atomic mass is 9.80. The summed E-state index contributed by atoms with van der Waals surface area (Å²) >= 11 is 2.08. The van der Waals surface area contributed by atoms with E-state index in [-0.39, 0.29) is 11.4 Å². The summed E-state index contributed by atoms with van der Waals surface area (Å²) in [4.78, 5) is 19.0. The van der Waals surface area contributed by atoms with E-state index in [0.717, 1.165) is 31.0 Å². The van der Waals surface area contributed by atoms with Crippen LogP contribution in [0.3, 0.4) is 0 Å². The molecule has 1 aliphatic heterocycles. The third-order valence-electron chi connectivity index (χ3n) is 6.40. The molecular weight excluding hydrogens is 394 g/mol. The Balaban J connectivity index is 1.52. The quantitative estimate of drug-likeness (QED) is 0.457. The molecule has 0 radical (unpaired) electrons. The Morgan fingerprint density at radius 3 is 2.63 bits per heavy atom. The third-order valence-corrected chi connectivity index (χ3v) is 7.34. The number of hydrogen-bond acceptors (Lipinski definition) is 4. The fraction of sp³-hybridized carbons (Fsp3) is 0.652. The van der Waals surface area contributed by atoms with Crippen molar-refractivity contribution in [1.29, 1.82) is 0 Å². The Labute approximate surface area is 185 Å². The molecule has 1 aliphatic carbocycles. The number of guanidine groups is 1. The first-order valence-corrected chi connectivity index (χ1v) is 12.4. The number of rotatable bonds is 7. The predicted octanol–water partition coefficient (Wildman–Crippen LogP) is 2.51. The number of nitrogens with one attached hydrogen (secondary N) is 3. The van der Waals surface area contributed by atoms with Crippen molar-refractivity contribution >= 4 is 23.6 Å². The summed E-state index contributed by atoms with van der Waals surface area (Å²) in [6.07, 6.45) is 7.45. The van der Waals surface area contributed by atoms with Gasteiger partial charge in [0.15, 0.2) is 5.96 Å². The van der Waals surface area contributed by atoms with E-state index in [1.165, 1.54) is 56.7 Å². The monoisotopic (exact) mass is 431 g/mol. The minimum atomic E-state index is -0.0452. The molecule has 30 heavy (non-hydrogen) atoms. The molecule has 1 heterocycles. The zero-order valence-corrected chi connectivity index (χ0v) is 19.3. The fourth-order valence-corrected chi connectivity index (χ4v) is 5.56. The van der Waals surface area contributed by atoms with E-state index in [2.05, 4.69) is 43.7 Å². The number of aliphatic imine (C=N–C) groups is 1. The molecule has 0 aromatic heterocycles. The van der Waals surface area contributed by atoms with Crippen LogP contribution in [0.15, 0.2) is 29.3 Å². The molecule has 0 unspecified atom stereocenters. The first-order valence-electron chi connectivity index (χ1n) is 11.3. The van der Waals surface area contributed by atoms with Crippen LogP contribution in [0.1, 0.15) is 48.0 Å². The number of carbonyl (C=O) groups excluding carboxylic acids is 1. The second-order valence-corrected chi connectivity index (χ2v) is 9.49. The van der Waals surface area contributed by atoms with Gasteiger partial charge < -0.3 is 16.0 Å². The van der Waals surface area contributed by atoms with E-state index >= 15 is 0 Å². The van der Waals surface area contributed by atoms with Crippen LogP contribution in [0.4, 0.5) is 0 Å². The van der Waals surface area contributed by atoms with E-state index in [9.17, 15) is 4.79 Å². The van der Waals surface area contributed by atoms with Crippen LogP contribution in [0.25, 0.3) is 0 Å². The van der Waals surface area contributed by atoms with E-state index in [1.807, 2.05) is 25.2 Å². The van der Waals surface area contributed by atoms with Gasteiger partial charge in [-0.25, -0.2) is 0 Å². The maximum absolute atomic E-state index is 11.8. The van der Waals surface area contributed by atoms with E-state index < -0.39 is 0 Å². The van der Waals surface area contributed by atoms with Gasteiger partial charge in [-0.15, -0.1) is 0 Å². The van der Waals surface area contributed by atoms with Crippen LogP contribution in [0, 0.1) is 0 Å².